The highest BCUT2D eigenvalue weighted by Crippen LogP contribution is 2.30. The summed E-state index contributed by atoms with van der Waals surface area (Å²) in [6, 6.07) is 10.5. The van der Waals surface area contributed by atoms with E-state index < -0.39 is 0 Å². The number of hydrogen-bond donors (Lipinski definition) is 1. The van der Waals surface area contributed by atoms with E-state index in [9.17, 15) is 4.39 Å². The monoisotopic (exact) mass is 269 g/mol. The molecule has 3 aromatic rings. The van der Waals surface area contributed by atoms with E-state index >= 15 is 0 Å². The van der Waals surface area contributed by atoms with E-state index in [1.165, 1.54) is 17.7 Å². The van der Waals surface area contributed by atoms with Crippen LogP contribution in [0.15, 0.2) is 42.6 Å². The van der Waals surface area contributed by atoms with Crippen molar-refractivity contribution in [3.63, 3.8) is 0 Å². The summed E-state index contributed by atoms with van der Waals surface area (Å²) in [5, 5.41) is 1.11. The zero-order valence-corrected chi connectivity index (χ0v) is 11.5. The molecule has 0 aliphatic heterocycles. The number of pyridine rings is 1. The predicted octanol–water partition coefficient (Wildman–Crippen LogP) is 3.43. The fraction of sp³-hybridized carbons (Fsp3) is 0.188. The lowest BCUT2D eigenvalue weighted by Crippen LogP contribution is -2.11. The van der Waals surface area contributed by atoms with Crippen LogP contribution in [0.2, 0.25) is 0 Å². The molecule has 0 bridgehead atoms. The quantitative estimate of drug-likeness (QED) is 0.790. The van der Waals surface area contributed by atoms with Gasteiger partial charge in [-0.3, -0.25) is 0 Å². The van der Waals surface area contributed by atoms with E-state index in [4.69, 9.17) is 0 Å². The normalized spacial score (nSPS) is 11.4. The fourth-order valence-corrected chi connectivity index (χ4v) is 2.42. The van der Waals surface area contributed by atoms with E-state index in [0.717, 1.165) is 28.8 Å². The number of fused-ring (bicyclic) bond motifs is 1. The Morgan fingerprint density at radius 1 is 1.15 bits per heavy atom. The molecule has 2 aromatic heterocycles. The van der Waals surface area contributed by atoms with Crippen molar-refractivity contribution in [1.29, 1.82) is 0 Å². The zero-order chi connectivity index (χ0) is 14.1. The number of halogens is 1. The Labute approximate surface area is 117 Å². The van der Waals surface area contributed by atoms with Crippen LogP contribution in [0.1, 0.15) is 5.56 Å². The van der Waals surface area contributed by atoms with Crippen molar-refractivity contribution in [2.75, 3.05) is 14.1 Å². The highest BCUT2D eigenvalue weighted by Gasteiger charge is 2.14. The minimum atomic E-state index is -0.225. The minimum Gasteiger partial charge on any atom is -0.339 e. The molecule has 102 valence electrons. The van der Waals surface area contributed by atoms with E-state index in [0.29, 0.717) is 0 Å². The molecule has 3 rings (SSSR count). The molecular formula is C16H16FN3. The van der Waals surface area contributed by atoms with Gasteiger partial charge in [-0.25, -0.2) is 9.37 Å². The van der Waals surface area contributed by atoms with Crippen molar-refractivity contribution in [3.8, 4) is 11.3 Å². The van der Waals surface area contributed by atoms with Gasteiger partial charge in [0.05, 0.1) is 5.69 Å². The van der Waals surface area contributed by atoms with Gasteiger partial charge in [0.2, 0.25) is 0 Å². The van der Waals surface area contributed by atoms with Crippen LogP contribution in [0, 0.1) is 5.82 Å². The summed E-state index contributed by atoms with van der Waals surface area (Å²) >= 11 is 0. The first-order valence-electron chi connectivity index (χ1n) is 6.51. The number of benzene rings is 1. The Morgan fingerprint density at radius 2 is 1.90 bits per heavy atom. The molecular weight excluding hydrogens is 253 g/mol. The van der Waals surface area contributed by atoms with Gasteiger partial charge in [-0.2, -0.15) is 0 Å². The summed E-state index contributed by atoms with van der Waals surface area (Å²) < 4.78 is 13.1. The van der Waals surface area contributed by atoms with Crippen LogP contribution in [-0.2, 0) is 6.54 Å². The van der Waals surface area contributed by atoms with Gasteiger partial charge < -0.3 is 9.88 Å². The Kier molecular flexibility index (Phi) is 3.24. The smallest absolute Gasteiger partial charge is 0.138 e. The Bertz CT molecular complexity index is 729. The number of rotatable bonds is 3. The van der Waals surface area contributed by atoms with Crippen LogP contribution in [0.3, 0.4) is 0 Å². The van der Waals surface area contributed by atoms with Crippen molar-refractivity contribution in [1.82, 2.24) is 14.9 Å². The summed E-state index contributed by atoms with van der Waals surface area (Å²) in [6.07, 6.45) is 1.77. The highest BCUT2D eigenvalue weighted by molar-refractivity contribution is 5.88. The number of hydrogen-bond acceptors (Lipinski definition) is 2. The van der Waals surface area contributed by atoms with Crippen LogP contribution in [0.4, 0.5) is 4.39 Å². The maximum Gasteiger partial charge on any atom is 0.138 e. The lowest BCUT2D eigenvalue weighted by molar-refractivity contribution is 0.404. The standard InChI is InChI=1S/C16H16FN3/c1-20(2)10-14-13-4-3-9-18-16(13)19-15(14)11-5-7-12(17)8-6-11/h3-9H,10H2,1-2H3,(H,18,19). The first kappa shape index (κ1) is 12.8. The molecule has 4 heteroatoms. The molecule has 0 fully saturated rings. The average Bonchev–Trinajstić information content (AvgIpc) is 2.78. The van der Waals surface area contributed by atoms with Gasteiger partial charge in [0.25, 0.3) is 0 Å². The van der Waals surface area contributed by atoms with Gasteiger partial charge in [0.1, 0.15) is 11.5 Å². The van der Waals surface area contributed by atoms with E-state index in [2.05, 4.69) is 20.9 Å². The lowest BCUT2D eigenvalue weighted by Gasteiger charge is -2.11. The third kappa shape index (κ3) is 2.30. The second-order valence-electron chi connectivity index (χ2n) is 5.12. The van der Waals surface area contributed by atoms with Crippen molar-refractivity contribution in [2.24, 2.45) is 0 Å². The van der Waals surface area contributed by atoms with Gasteiger partial charge in [0, 0.05) is 23.7 Å². The molecule has 2 heterocycles. The molecule has 1 N–H and O–H groups in total. The average molecular weight is 269 g/mol. The molecule has 0 saturated heterocycles. The molecule has 0 atom stereocenters. The lowest BCUT2D eigenvalue weighted by atomic mass is 10.1. The summed E-state index contributed by atoms with van der Waals surface area (Å²) in [5.74, 6) is -0.225. The Balaban J connectivity index is 2.20. The third-order valence-electron chi connectivity index (χ3n) is 3.29. The fourth-order valence-electron chi connectivity index (χ4n) is 2.42. The van der Waals surface area contributed by atoms with Gasteiger partial charge in [-0.1, -0.05) is 0 Å². The second kappa shape index (κ2) is 5.06. The summed E-state index contributed by atoms with van der Waals surface area (Å²) in [4.78, 5) is 9.82. The molecule has 0 spiro atoms. The van der Waals surface area contributed by atoms with E-state index in [1.54, 1.807) is 18.3 Å². The van der Waals surface area contributed by atoms with Gasteiger partial charge in [0.15, 0.2) is 0 Å². The third-order valence-corrected chi connectivity index (χ3v) is 3.29. The van der Waals surface area contributed by atoms with Crippen LogP contribution in [0.5, 0.6) is 0 Å². The van der Waals surface area contributed by atoms with E-state index in [-0.39, 0.29) is 5.82 Å². The molecule has 0 aliphatic carbocycles. The SMILES string of the molecule is CN(C)Cc1c(-c2ccc(F)cc2)[nH]c2ncccc12. The molecule has 1 aromatic carbocycles. The first-order chi connectivity index (χ1) is 9.65. The molecule has 20 heavy (non-hydrogen) atoms. The molecule has 0 unspecified atom stereocenters. The van der Waals surface area contributed by atoms with Gasteiger partial charge in [-0.15, -0.1) is 0 Å². The van der Waals surface area contributed by atoms with Gasteiger partial charge >= 0.3 is 0 Å². The zero-order valence-electron chi connectivity index (χ0n) is 11.5. The second-order valence-corrected chi connectivity index (χ2v) is 5.12. The minimum absolute atomic E-state index is 0.225. The first-order valence-corrected chi connectivity index (χ1v) is 6.51. The van der Waals surface area contributed by atoms with E-state index in [1.807, 2.05) is 20.2 Å². The number of H-pyrrole nitrogens is 1. The molecule has 0 radical (unpaired) electrons. The van der Waals surface area contributed by atoms with Crippen molar-refractivity contribution >= 4 is 11.0 Å². The molecule has 0 amide bonds. The van der Waals surface area contributed by atoms with Crippen LogP contribution in [0.25, 0.3) is 22.3 Å². The summed E-state index contributed by atoms with van der Waals surface area (Å²) in [5.41, 5.74) is 4.03. The van der Waals surface area contributed by atoms with Crippen molar-refractivity contribution < 1.29 is 4.39 Å². The Hall–Kier alpha value is -2.20. The van der Waals surface area contributed by atoms with Crippen molar-refractivity contribution in [3.05, 3.63) is 54.0 Å². The number of aromatic amines is 1. The van der Waals surface area contributed by atoms with Crippen LogP contribution >= 0.6 is 0 Å². The molecule has 0 aliphatic rings. The van der Waals surface area contributed by atoms with Gasteiger partial charge in [-0.05, 0) is 56.1 Å². The summed E-state index contributed by atoms with van der Waals surface area (Å²) in [6.45, 7) is 0.804. The molecule has 3 nitrogen and oxygen atoms in total. The Morgan fingerprint density at radius 3 is 2.60 bits per heavy atom. The topological polar surface area (TPSA) is 31.9 Å². The predicted molar refractivity (Wildman–Crippen MR) is 78.9 cm³/mol. The summed E-state index contributed by atoms with van der Waals surface area (Å²) in [7, 11) is 4.06. The largest absolute Gasteiger partial charge is 0.339 e. The van der Waals surface area contributed by atoms with Crippen LogP contribution < -0.4 is 0 Å². The number of aromatic nitrogens is 2. The van der Waals surface area contributed by atoms with Crippen LogP contribution in [-0.4, -0.2) is 29.0 Å². The van der Waals surface area contributed by atoms with Crippen molar-refractivity contribution in [2.45, 2.75) is 6.54 Å². The maximum absolute atomic E-state index is 13.1. The number of nitrogens with zero attached hydrogens (tertiary/aromatic N) is 2. The highest BCUT2D eigenvalue weighted by atomic mass is 19.1. The molecule has 0 saturated carbocycles. The maximum atomic E-state index is 13.1. The number of nitrogens with one attached hydrogen (secondary N) is 1.